The van der Waals surface area contributed by atoms with Gasteiger partial charge in [0.2, 0.25) is 0 Å². The molecule has 6 heteroatoms. The van der Waals surface area contributed by atoms with Crippen molar-refractivity contribution in [2.45, 2.75) is 39.3 Å². The number of carbonyl (C=O) groups is 2. The van der Waals surface area contributed by atoms with Gasteiger partial charge in [0, 0.05) is 13.2 Å². The highest BCUT2D eigenvalue weighted by Crippen LogP contribution is 2.38. The van der Waals surface area contributed by atoms with Gasteiger partial charge in [0.1, 0.15) is 5.75 Å². The van der Waals surface area contributed by atoms with Gasteiger partial charge in [-0.3, -0.25) is 9.59 Å². The third kappa shape index (κ3) is 3.76. The summed E-state index contributed by atoms with van der Waals surface area (Å²) < 4.78 is 5.48. The van der Waals surface area contributed by atoms with Crippen LogP contribution in [0.1, 0.15) is 38.8 Å². The maximum Gasteiger partial charge on any atom is 0.290 e. The molecule has 130 valence electrons. The lowest BCUT2D eigenvalue weighted by Gasteiger charge is -2.26. The lowest BCUT2D eigenvalue weighted by Crippen LogP contribution is -2.32. The van der Waals surface area contributed by atoms with Crippen molar-refractivity contribution in [2.75, 3.05) is 13.2 Å². The minimum absolute atomic E-state index is 0.0930. The summed E-state index contributed by atoms with van der Waals surface area (Å²) in [6.07, 6.45) is 0.697. The van der Waals surface area contributed by atoms with Crippen LogP contribution in [0.5, 0.6) is 5.75 Å². The first-order valence-electron chi connectivity index (χ1n) is 7.98. The highest BCUT2D eigenvalue weighted by molar-refractivity contribution is 6.08. The lowest BCUT2D eigenvalue weighted by molar-refractivity contribution is -0.129. The molecule has 1 unspecified atom stereocenters. The summed E-state index contributed by atoms with van der Waals surface area (Å²) in [6, 6.07) is 5.63. The fourth-order valence-electron chi connectivity index (χ4n) is 2.80. The van der Waals surface area contributed by atoms with Gasteiger partial charge in [-0.15, -0.1) is 0 Å². The molecule has 0 saturated carbocycles. The molecule has 0 fully saturated rings. The van der Waals surface area contributed by atoms with E-state index in [0.29, 0.717) is 25.1 Å². The monoisotopic (exact) mass is 333 g/mol. The number of Topliss-reactive ketones (excluding diaryl/α,β-unsaturated/α-hetero) is 1. The molecular formula is C18H23NO5. The average molecular weight is 333 g/mol. The van der Waals surface area contributed by atoms with E-state index in [9.17, 15) is 19.8 Å². The number of aliphatic hydroxyl groups is 1. The van der Waals surface area contributed by atoms with Crippen LogP contribution in [0.3, 0.4) is 0 Å². The highest BCUT2D eigenvalue weighted by Gasteiger charge is 2.41. The van der Waals surface area contributed by atoms with Crippen molar-refractivity contribution in [2.24, 2.45) is 0 Å². The number of rotatable bonds is 7. The predicted molar refractivity (Wildman–Crippen MR) is 88.6 cm³/mol. The molecule has 0 aliphatic carbocycles. The van der Waals surface area contributed by atoms with Crippen LogP contribution >= 0.6 is 0 Å². The van der Waals surface area contributed by atoms with Gasteiger partial charge in [-0.1, -0.05) is 12.1 Å². The standard InChI is InChI=1S/C18H23NO5/c1-11(2)24-10-4-9-19-16(13-5-7-14(21)8-6-13)15(12(3)20)17(22)18(19)23/h5-8,11,16,21-22H,4,9-10H2,1-3H3. The summed E-state index contributed by atoms with van der Waals surface area (Å²) >= 11 is 0. The van der Waals surface area contributed by atoms with Gasteiger partial charge in [0.15, 0.2) is 11.5 Å². The molecule has 1 heterocycles. The molecule has 0 radical (unpaired) electrons. The minimum atomic E-state index is -0.644. The molecule has 1 aliphatic rings. The molecule has 1 aromatic carbocycles. The Bertz CT molecular complexity index is 648. The third-order valence-electron chi connectivity index (χ3n) is 3.89. The molecule has 24 heavy (non-hydrogen) atoms. The zero-order valence-electron chi connectivity index (χ0n) is 14.2. The van der Waals surface area contributed by atoms with Crippen LogP contribution in [0.25, 0.3) is 0 Å². The second-order valence-corrected chi connectivity index (χ2v) is 6.08. The summed E-state index contributed by atoms with van der Waals surface area (Å²) in [5.41, 5.74) is 0.760. The molecule has 1 atom stereocenters. The van der Waals surface area contributed by atoms with Crippen LogP contribution in [0.4, 0.5) is 0 Å². The molecule has 1 aliphatic heterocycles. The second kappa shape index (κ2) is 7.49. The van der Waals surface area contributed by atoms with Crippen LogP contribution in [-0.2, 0) is 14.3 Å². The average Bonchev–Trinajstić information content (AvgIpc) is 2.76. The van der Waals surface area contributed by atoms with Crippen LogP contribution in [0, 0.1) is 0 Å². The normalized spacial score (nSPS) is 17.9. The molecule has 1 amide bonds. The Balaban J connectivity index is 2.26. The van der Waals surface area contributed by atoms with Gasteiger partial charge in [-0.05, 0) is 44.9 Å². The first kappa shape index (κ1) is 18.0. The molecule has 0 saturated heterocycles. The zero-order valence-corrected chi connectivity index (χ0v) is 14.2. The van der Waals surface area contributed by atoms with Crippen LogP contribution in [0.15, 0.2) is 35.6 Å². The summed E-state index contributed by atoms with van der Waals surface area (Å²) in [5, 5.41) is 19.6. The van der Waals surface area contributed by atoms with E-state index in [1.807, 2.05) is 13.8 Å². The molecule has 1 aromatic rings. The summed E-state index contributed by atoms with van der Waals surface area (Å²) in [7, 11) is 0. The molecule has 0 bridgehead atoms. The van der Waals surface area contributed by atoms with E-state index >= 15 is 0 Å². The number of ketones is 1. The Morgan fingerprint density at radius 2 is 1.88 bits per heavy atom. The Kier molecular flexibility index (Phi) is 5.62. The van der Waals surface area contributed by atoms with E-state index in [1.165, 1.54) is 24.0 Å². The number of aliphatic hydroxyl groups excluding tert-OH is 1. The van der Waals surface area contributed by atoms with Gasteiger partial charge in [0.05, 0.1) is 17.7 Å². The number of benzene rings is 1. The molecule has 6 nitrogen and oxygen atoms in total. The van der Waals surface area contributed by atoms with Crippen molar-refractivity contribution >= 4 is 11.7 Å². The third-order valence-corrected chi connectivity index (χ3v) is 3.89. The zero-order chi connectivity index (χ0) is 17.9. The van der Waals surface area contributed by atoms with Crippen LogP contribution in [-0.4, -0.2) is 46.1 Å². The fourth-order valence-corrected chi connectivity index (χ4v) is 2.80. The summed E-state index contributed by atoms with van der Waals surface area (Å²) in [6.45, 7) is 6.04. The second-order valence-electron chi connectivity index (χ2n) is 6.08. The van der Waals surface area contributed by atoms with Crippen molar-refractivity contribution < 1.29 is 24.5 Å². The molecule has 2 rings (SSSR count). The quantitative estimate of drug-likeness (QED) is 0.749. The minimum Gasteiger partial charge on any atom is -0.508 e. The number of nitrogens with zero attached hydrogens (tertiary/aromatic N) is 1. The maximum atomic E-state index is 12.4. The number of phenols is 1. The van der Waals surface area contributed by atoms with Gasteiger partial charge < -0.3 is 19.8 Å². The van der Waals surface area contributed by atoms with Crippen molar-refractivity contribution in [3.05, 3.63) is 41.2 Å². The summed E-state index contributed by atoms with van der Waals surface area (Å²) in [4.78, 5) is 25.8. The molecule has 0 spiro atoms. The number of hydrogen-bond acceptors (Lipinski definition) is 5. The van der Waals surface area contributed by atoms with Crippen molar-refractivity contribution in [1.29, 1.82) is 0 Å². The van der Waals surface area contributed by atoms with E-state index in [0.717, 1.165) is 0 Å². The Hall–Kier alpha value is -2.34. The van der Waals surface area contributed by atoms with Gasteiger partial charge in [-0.2, -0.15) is 0 Å². The van der Waals surface area contributed by atoms with Crippen LogP contribution < -0.4 is 0 Å². The smallest absolute Gasteiger partial charge is 0.290 e. The fraction of sp³-hybridized carbons (Fsp3) is 0.444. The topological polar surface area (TPSA) is 87.1 Å². The van der Waals surface area contributed by atoms with Crippen molar-refractivity contribution in [3.8, 4) is 5.75 Å². The number of carbonyl (C=O) groups excluding carboxylic acids is 2. The number of amides is 1. The van der Waals surface area contributed by atoms with Crippen molar-refractivity contribution in [1.82, 2.24) is 4.90 Å². The van der Waals surface area contributed by atoms with Crippen LogP contribution in [0.2, 0.25) is 0 Å². The molecular weight excluding hydrogens is 310 g/mol. The largest absolute Gasteiger partial charge is 0.508 e. The first-order valence-corrected chi connectivity index (χ1v) is 7.98. The Labute approximate surface area is 141 Å². The molecule has 2 N–H and O–H groups in total. The lowest BCUT2D eigenvalue weighted by atomic mass is 9.96. The SMILES string of the molecule is CC(=O)C1=C(O)C(=O)N(CCCOC(C)C)C1c1ccc(O)cc1. The highest BCUT2D eigenvalue weighted by atomic mass is 16.5. The predicted octanol–water partition coefficient (Wildman–Crippen LogP) is 2.49. The summed E-state index contributed by atoms with van der Waals surface area (Å²) in [5.74, 6) is -1.30. The number of aromatic hydroxyl groups is 1. The number of hydrogen-bond donors (Lipinski definition) is 2. The van der Waals surface area contributed by atoms with E-state index in [2.05, 4.69) is 0 Å². The maximum absolute atomic E-state index is 12.4. The molecule has 0 aromatic heterocycles. The van der Waals surface area contributed by atoms with E-state index in [4.69, 9.17) is 4.74 Å². The van der Waals surface area contributed by atoms with E-state index < -0.39 is 17.7 Å². The van der Waals surface area contributed by atoms with E-state index in [-0.39, 0.29) is 23.2 Å². The van der Waals surface area contributed by atoms with Crippen molar-refractivity contribution in [3.63, 3.8) is 0 Å². The van der Waals surface area contributed by atoms with E-state index in [1.54, 1.807) is 12.1 Å². The van der Waals surface area contributed by atoms with Gasteiger partial charge in [-0.25, -0.2) is 0 Å². The number of phenolic OH excluding ortho intramolecular Hbond substituents is 1. The first-order chi connectivity index (χ1) is 11.3. The number of ether oxygens (including phenoxy) is 1. The van der Waals surface area contributed by atoms with Gasteiger partial charge in [0.25, 0.3) is 5.91 Å². The Morgan fingerprint density at radius 3 is 2.42 bits per heavy atom. The van der Waals surface area contributed by atoms with Gasteiger partial charge >= 0.3 is 0 Å². The Morgan fingerprint density at radius 1 is 1.25 bits per heavy atom.